The van der Waals surface area contributed by atoms with Gasteiger partial charge in [-0.1, -0.05) is 0 Å². The number of nitrogens with one attached hydrogen (secondary N) is 1. The van der Waals surface area contributed by atoms with Crippen LogP contribution in [0.15, 0.2) is 35.0 Å². The zero-order valence-electron chi connectivity index (χ0n) is 11.7. The van der Waals surface area contributed by atoms with Gasteiger partial charge in [0.25, 0.3) is 5.91 Å². The van der Waals surface area contributed by atoms with Gasteiger partial charge in [0.15, 0.2) is 0 Å². The minimum absolute atomic E-state index is 0.155. The molecule has 6 heteroatoms. The van der Waals surface area contributed by atoms with Gasteiger partial charge in [-0.25, -0.2) is 0 Å². The summed E-state index contributed by atoms with van der Waals surface area (Å²) in [6.07, 6.45) is -0.708. The van der Waals surface area contributed by atoms with E-state index in [9.17, 15) is 9.90 Å². The van der Waals surface area contributed by atoms with Crippen LogP contribution >= 0.6 is 11.3 Å². The first-order valence-electron chi connectivity index (χ1n) is 6.62. The van der Waals surface area contributed by atoms with Gasteiger partial charge < -0.3 is 20.9 Å². The highest BCUT2D eigenvalue weighted by atomic mass is 32.1. The number of ether oxygens (including phenoxy) is 1. The molecule has 0 aliphatic carbocycles. The highest BCUT2D eigenvalue weighted by molar-refractivity contribution is 7.07. The van der Waals surface area contributed by atoms with Crippen molar-refractivity contribution in [1.29, 1.82) is 0 Å². The van der Waals surface area contributed by atoms with E-state index in [1.807, 2.05) is 23.8 Å². The Kier molecular flexibility index (Phi) is 5.19. The fourth-order valence-corrected chi connectivity index (χ4v) is 2.56. The second-order valence-corrected chi connectivity index (χ2v) is 5.25. The Balaban J connectivity index is 1.95. The van der Waals surface area contributed by atoms with Crippen molar-refractivity contribution in [2.45, 2.75) is 13.0 Å². The number of thiophene rings is 1. The maximum atomic E-state index is 12.0. The number of amides is 1. The Morgan fingerprint density at radius 1 is 1.48 bits per heavy atom. The lowest BCUT2D eigenvalue weighted by Crippen LogP contribution is -2.28. The van der Waals surface area contributed by atoms with Crippen LogP contribution in [0.1, 0.15) is 28.9 Å². The molecule has 0 aliphatic rings. The summed E-state index contributed by atoms with van der Waals surface area (Å²) in [4.78, 5) is 12.0. The molecule has 1 atom stereocenters. The molecule has 2 rings (SSSR count). The Morgan fingerprint density at radius 3 is 2.90 bits per heavy atom. The van der Waals surface area contributed by atoms with Crippen molar-refractivity contribution in [3.8, 4) is 5.75 Å². The van der Waals surface area contributed by atoms with E-state index in [0.717, 1.165) is 5.56 Å². The average Bonchev–Trinajstić information content (AvgIpc) is 3.01. The summed E-state index contributed by atoms with van der Waals surface area (Å²) in [7, 11) is 0. The minimum Gasteiger partial charge on any atom is -0.492 e. The predicted octanol–water partition coefficient (Wildman–Crippen LogP) is 2.19. The summed E-state index contributed by atoms with van der Waals surface area (Å²) in [6, 6.07) is 6.71. The maximum Gasteiger partial charge on any atom is 0.251 e. The number of nitrogens with two attached hydrogens (primary N) is 1. The number of nitrogen functional groups attached to an aromatic ring is 1. The summed E-state index contributed by atoms with van der Waals surface area (Å²) in [5, 5.41) is 16.3. The van der Waals surface area contributed by atoms with Gasteiger partial charge in [0.2, 0.25) is 0 Å². The Labute approximate surface area is 127 Å². The van der Waals surface area contributed by atoms with Gasteiger partial charge in [0.05, 0.1) is 18.4 Å². The molecular weight excluding hydrogens is 288 g/mol. The second-order valence-electron chi connectivity index (χ2n) is 4.47. The van der Waals surface area contributed by atoms with Crippen LogP contribution in [0.25, 0.3) is 0 Å². The van der Waals surface area contributed by atoms with E-state index in [2.05, 4.69) is 5.32 Å². The molecule has 0 radical (unpaired) electrons. The van der Waals surface area contributed by atoms with Gasteiger partial charge in [-0.15, -0.1) is 0 Å². The van der Waals surface area contributed by atoms with Crippen molar-refractivity contribution in [3.05, 3.63) is 46.2 Å². The molecule has 1 unspecified atom stereocenters. The first kappa shape index (κ1) is 15.3. The molecule has 5 nitrogen and oxygen atoms in total. The lowest BCUT2D eigenvalue weighted by Gasteiger charge is -2.12. The third-order valence-corrected chi connectivity index (χ3v) is 3.66. The largest absolute Gasteiger partial charge is 0.492 e. The van der Waals surface area contributed by atoms with Crippen LogP contribution in [0.2, 0.25) is 0 Å². The van der Waals surface area contributed by atoms with E-state index >= 15 is 0 Å². The first-order chi connectivity index (χ1) is 10.1. The number of rotatable bonds is 6. The molecule has 0 saturated heterocycles. The van der Waals surface area contributed by atoms with Crippen molar-refractivity contribution < 1.29 is 14.6 Å². The number of anilines is 1. The van der Waals surface area contributed by atoms with E-state index in [1.54, 1.807) is 18.2 Å². The number of aliphatic hydroxyl groups excluding tert-OH is 1. The Bertz CT molecular complexity index is 599. The number of benzene rings is 1. The first-order valence-corrected chi connectivity index (χ1v) is 7.56. The standard InChI is InChI=1S/C15H18N2O3S/c1-2-20-14-4-3-10(7-12(14)16)15(19)17-8-13(18)11-5-6-21-9-11/h3-7,9,13,18H,2,8,16H2,1H3,(H,17,19). The number of hydrogen-bond acceptors (Lipinski definition) is 5. The van der Waals surface area contributed by atoms with Crippen LogP contribution in [0.4, 0.5) is 5.69 Å². The van der Waals surface area contributed by atoms with Crippen molar-refractivity contribution in [2.75, 3.05) is 18.9 Å². The predicted molar refractivity (Wildman–Crippen MR) is 83.6 cm³/mol. The van der Waals surface area contributed by atoms with E-state index < -0.39 is 6.10 Å². The maximum absolute atomic E-state index is 12.0. The topological polar surface area (TPSA) is 84.6 Å². The van der Waals surface area contributed by atoms with Crippen molar-refractivity contribution in [2.24, 2.45) is 0 Å². The van der Waals surface area contributed by atoms with E-state index in [0.29, 0.717) is 23.6 Å². The molecule has 0 bridgehead atoms. The summed E-state index contributed by atoms with van der Waals surface area (Å²) in [6.45, 7) is 2.54. The zero-order valence-corrected chi connectivity index (χ0v) is 12.5. The highest BCUT2D eigenvalue weighted by Gasteiger charge is 2.12. The Morgan fingerprint density at radius 2 is 2.29 bits per heavy atom. The molecule has 1 aromatic carbocycles. The van der Waals surface area contributed by atoms with E-state index in [-0.39, 0.29) is 12.5 Å². The van der Waals surface area contributed by atoms with Crippen molar-refractivity contribution in [1.82, 2.24) is 5.32 Å². The van der Waals surface area contributed by atoms with Gasteiger partial charge >= 0.3 is 0 Å². The van der Waals surface area contributed by atoms with Gasteiger partial charge in [-0.05, 0) is 47.5 Å². The lowest BCUT2D eigenvalue weighted by molar-refractivity contribution is 0.0916. The Hall–Kier alpha value is -2.05. The zero-order chi connectivity index (χ0) is 15.2. The fourth-order valence-electron chi connectivity index (χ4n) is 1.85. The monoisotopic (exact) mass is 306 g/mol. The lowest BCUT2D eigenvalue weighted by atomic mass is 10.1. The van der Waals surface area contributed by atoms with Crippen LogP contribution in [0.3, 0.4) is 0 Å². The number of carbonyl (C=O) groups is 1. The quantitative estimate of drug-likeness (QED) is 0.714. The van der Waals surface area contributed by atoms with Crippen LogP contribution in [0.5, 0.6) is 5.75 Å². The van der Waals surface area contributed by atoms with Crippen LogP contribution in [-0.4, -0.2) is 24.2 Å². The highest BCUT2D eigenvalue weighted by Crippen LogP contribution is 2.22. The second kappa shape index (κ2) is 7.10. The van der Waals surface area contributed by atoms with Crippen molar-refractivity contribution in [3.63, 3.8) is 0 Å². The summed E-state index contributed by atoms with van der Waals surface area (Å²) in [5.74, 6) is 0.284. The third-order valence-electron chi connectivity index (χ3n) is 2.96. The van der Waals surface area contributed by atoms with Crippen LogP contribution in [0, 0.1) is 0 Å². The number of aliphatic hydroxyl groups is 1. The normalized spacial score (nSPS) is 11.9. The van der Waals surface area contributed by atoms with Crippen LogP contribution < -0.4 is 15.8 Å². The SMILES string of the molecule is CCOc1ccc(C(=O)NCC(O)c2ccsc2)cc1N. The molecule has 0 spiro atoms. The fraction of sp³-hybridized carbons (Fsp3) is 0.267. The molecule has 1 heterocycles. The van der Waals surface area contributed by atoms with Crippen LogP contribution in [-0.2, 0) is 0 Å². The molecule has 1 amide bonds. The minimum atomic E-state index is -0.708. The molecule has 4 N–H and O–H groups in total. The summed E-state index contributed by atoms with van der Waals surface area (Å²) in [5.41, 5.74) is 7.48. The molecular formula is C15H18N2O3S. The summed E-state index contributed by atoms with van der Waals surface area (Å²) >= 11 is 1.50. The molecule has 112 valence electrons. The van der Waals surface area contributed by atoms with Gasteiger partial charge in [0.1, 0.15) is 5.75 Å². The molecule has 0 saturated carbocycles. The molecule has 21 heavy (non-hydrogen) atoms. The molecule has 2 aromatic rings. The third kappa shape index (κ3) is 3.96. The molecule has 1 aromatic heterocycles. The van der Waals surface area contributed by atoms with Gasteiger partial charge in [-0.2, -0.15) is 11.3 Å². The average molecular weight is 306 g/mol. The van der Waals surface area contributed by atoms with E-state index in [4.69, 9.17) is 10.5 Å². The molecule has 0 fully saturated rings. The summed E-state index contributed by atoms with van der Waals surface area (Å²) < 4.78 is 5.32. The number of carbonyl (C=O) groups excluding carboxylic acids is 1. The van der Waals surface area contributed by atoms with Gasteiger partial charge in [0, 0.05) is 12.1 Å². The number of hydrogen-bond donors (Lipinski definition) is 3. The smallest absolute Gasteiger partial charge is 0.251 e. The molecule has 0 aliphatic heterocycles. The van der Waals surface area contributed by atoms with E-state index in [1.165, 1.54) is 11.3 Å². The van der Waals surface area contributed by atoms with Gasteiger partial charge in [-0.3, -0.25) is 4.79 Å². The van der Waals surface area contributed by atoms with Crippen molar-refractivity contribution >= 4 is 22.9 Å².